The molecule has 9 heteroatoms. The molecule has 0 aromatic heterocycles. The second-order valence-electron chi connectivity index (χ2n) is 17.8. The fraction of sp³-hybridized carbons (Fsp3) is 0.896. The molecule has 0 spiro atoms. The number of aliphatic hydroxyl groups is 1. The van der Waals surface area contributed by atoms with Crippen LogP contribution in [0, 0.1) is 0 Å². The van der Waals surface area contributed by atoms with Gasteiger partial charge < -0.3 is 28.8 Å². The van der Waals surface area contributed by atoms with Gasteiger partial charge in [-0.05, 0) is 44.9 Å². The number of aliphatic hydroxyl groups excluding tert-OH is 1. The first-order valence-electron chi connectivity index (χ1n) is 24.2. The number of likely N-dealkylation sites (N-methyl/N-ethyl adjacent to an activating group) is 1. The van der Waals surface area contributed by atoms with Gasteiger partial charge in [-0.15, -0.1) is 0 Å². The molecule has 3 unspecified atom stereocenters. The van der Waals surface area contributed by atoms with Gasteiger partial charge in [0.15, 0.2) is 0 Å². The Hall–Kier alpha value is -1.02. The summed E-state index contributed by atoms with van der Waals surface area (Å²) in [4.78, 5) is 25.3. The lowest BCUT2D eigenvalue weighted by Crippen LogP contribution is -2.45. The number of carbonyl (C=O) groups excluding carboxylic acids is 1. The largest absolute Gasteiger partial charge is 0.756 e. The number of unbranched alkanes of at least 4 members (excludes halogenated alkanes) is 29. The van der Waals surface area contributed by atoms with E-state index in [-0.39, 0.29) is 19.1 Å². The van der Waals surface area contributed by atoms with E-state index >= 15 is 0 Å². The molecular formula is C48H95N2O6P. The van der Waals surface area contributed by atoms with Crippen LogP contribution in [-0.2, 0) is 18.4 Å². The number of allylic oxidation sites excluding steroid dienone is 3. The molecule has 0 radical (unpaired) electrons. The fourth-order valence-electron chi connectivity index (χ4n) is 7.03. The highest BCUT2D eigenvalue weighted by Crippen LogP contribution is 2.38. The van der Waals surface area contributed by atoms with Gasteiger partial charge >= 0.3 is 0 Å². The lowest BCUT2D eigenvalue weighted by Gasteiger charge is -2.29. The summed E-state index contributed by atoms with van der Waals surface area (Å²) in [7, 11) is 1.26. The number of amides is 1. The zero-order valence-electron chi connectivity index (χ0n) is 38.3. The Morgan fingerprint density at radius 3 is 1.37 bits per heavy atom. The molecule has 0 aromatic rings. The van der Waals surface area contributed by atoms with Crippen molar-refractivity contribution >= 4 is 13.7 Å². The standard InChI is InChI=1S/C48H95N2O6P/c1-6-8-10-12-14-16-18-20-22-23-24-25-26-28-29-31-33-35-37-39-41-47(51)46(45-56-57(53,54)55-44-43-50(3,4)5)49-48(52)42-40-38-36-34-32-30-27-21-19-17-15-13-11-9-7-2/h21,27,39,41,46-47,51H,6-20,22-26,28-38,40,42-45H2,1-5H3,(H-,49,52,53,54)/b27-21-,41-39+. The van der Waals surface area contributed by atoms with Gasteiger partial charge in [0.2, 0.25) is 5.91 Å². The normalized spacial score (nSPS) is 14.4. The first-order valence-corrected chi connectivity index (χ1v) is 25.7. The van der Waals surface area contributed by atoms with Crippen LogP contribution in [0.5, 0.6) is 0 Å². The number of phosphoric ester groups is 1. The zero-order chi connectivity index (χ0) is 42.1. The molecule has 0 aliphatic carbocycles. The second-order valence-corrected chi connectivity index (χ2v) is 19.2. The number of rotatable bonds is 44. The molecule has 1 amide bonds. The molecule has 2 N–H and O–H groups in total. The van der Waals surface area contributed by atoms with Crippen LogP contribution in [0.4, 0.5) is 0 Å². The summed E-state index contributed by atoms with van der Waals surface area (Å²) >= 11 is 0. The number of phosphoric acid groups is 1. The molecular weight excluding hydrogens is 732 g/mol. The summed E-state index contributed by atoms with van der Waals surface area (Å²) in [6, 6.07) is -0.888. The summed E-state index contributed by atoms with van der Waals surface area (Å²) in [5.74, 6) is -0.205. The van der Waals surface area contributed by atoms with Crippen LogP contribution < -0.4 is 10.2 Å². The van der Waals surface area contributed by atoms with Gasteiger partial charge in [0.05, 0.1) is 39.9 Å². The highest BCUT2D eigenvalue weighted by molar-refractivity contribution is 7.45. The van der Waals surface area contributed by atoms with Crippen LogP contribution in [0.3, 0.4) is 0 Å². The molecule has 0 saturated carbocycles. The van der Waals surface area contributed by atoms with Gasteiger partial charge in [0, 0.05) is 6.42 Å². The topological polar surface area (TPSA) is 108 Å². The quantitative estimate of drug-likeness (QED) is 0.0274. The molecule has 0 aromatic carbocycles. The molecule has 8 nitrogen and oxygen atoms in total. The van der Waals surface area contributed by atoms with Crippen LogP contribution >= 0.6 is 7.82 Å². The van der Waals surface area contributed by atoms with Crippen molar-refractivity contribution in [3.8, 4) is 0 Å². The van der Waals surface area contributed by atoms with E-state index in [0.29, 0.717) is 17.4 Å². The Bertz CT molecular complexity index is 984. The van der Waals surface area contributed by atoms with Crippen molar-refractivity contribution in [3.05, 3.63) is 24.3 Å². The summed E-state index contributed by atoms with van der Waals surface area (Å²) in [6.45, 7) is 4.65. The number of hydrogen-bond donors (Lipinski definition) is 2. The molecule has 0 heterocycles. The summed E-state index contributed by atoms with van der Waals surface area (Å²) in [5.41, 5.74) is 0. The van der Waals surface area contributed by atoms with Crippen molar-refractivity contribution in [3.63, 3.8) is 0 Å². The summed E-state index contributed by atoms with van der Waals surface area (Å²) < 4.78 is 23.2. The maximum atomic E-state index is 12.9. The second kappa shape index (κ2) is 40.4. The molecule has 0 rings (SSSR count). The maximum Gasteiger partial charge on any atom is 0.268 e. The number of nitrogens with one attached hydrogen (secondary N) is 1. The number of hydrogen-bond acceptors (Lipinski definition) is 6. The first kappa shape index (κ1) is 56.0. The first-order chi connectivity index (χ1) is 27.5. The minimum Gasteiger partial charge on any atom is -0.756 e. The number of nitrogens with zero attached hydrogens (tertiary/aromatic N) is 1. The Balaban J connectivity index is 4.36. The van der Waals surface area contributed by atoms with E-state index in [2.05, 4.69) is 31.3 Å². The van der Waals surface area contributed by atoms with Crippen LogP contribution in [0.1, 0.15) is 226 Å². The van der Waals surface area contributed by atoms with E-state index in [9.17, 15) is 19.4 Å². The predicted molar refractivity (Wildman–Crippen MR) is 242 cm³/mol. The maximum absolute atomic E-state index is 12.9. The van der Waals surface area contributed by atoms with Gasteiger partial charge in [-0.25, -0.2) is 0 Å². The third-order valence-corrected chi connectivity index (χ3v) is 11.9. The van der Waals surface area contributed by atoms with Crippen molar-refractivity contribution in [2.45, 2.75) is 238 Å². The molecule has 338 valence electrons. The van der Waals surface area contributed by atoms with E-state index < -0.39 is 20.0 Å². The van der Waals surface area contributed by atoms with Crippen molar-refractivity contribution in [1.29, 1.82) is 0 Å². The number of carbonyl (C=O) groups is 1. The Kier molecular flexibility index (Phi) is 39.7. The van der Waals surface area contributed by atoms with Gasteiger partial charge in [0.1, 0.15) is 13.2 Å². The van der Waals surface area contributed by atoms with Gasteiger partial charge in [-0.3, -0.25) is 9.36 Å². The van der Waals surface area contributed by atoms with E-state index in [4.69, 9.17) is 9.05 Å². The molecule has 0 fully saturated rings. The Morgan fingerprint density at radius 1 is 0.596 bits per heavy atom. The molecule has 0 aliphatic heterocycles. The van der Waals surface area contributed by atoms with Crippen molar-refractivity contribution in [2.75, 3.05) is 40.9 Å². The zero-order valence-corrected chi connectivity index (χ0v) is 39.2. The van der Waals surface area contributed by atoms with Crippen LogP contribution in [0.25, 0.3) is 0 Å². The van der Waals surface area contributed by atoms with Crippen molar-refractivity contribution in [1.82, 2.24) is 5.32 Å². The minimum absolute atomic E-state index is 0.00135. The SMILES string of the molecule is CCCCCCCC/C=C\CCCCCCCC(=O)NC(COP(=O)([O-])OCC[N+](C)(C)C)C(O)/C=C/CCCCCCCCCCCCCCCCCCCC. The van der Waals surface area contributed by atoms with Crippen LogP contribution in [0.2, 0.25) is 0 Å². The van der Waals surface area contributed by atoms with Crippen molar-refractivity contribution < 1.29 is 32.9 Å². The highest BCUT2D eigenvalue weighted by atomic mass is 31.2. The Morgan fingerprint density at radius 2 is 0.965 bits per heavy atom. The van der Waals surface area contributed by atoms with E-state index in [1.165, 1.54) is 154 Å². The smallest absolute Gasteiger partial charge is 0.268 e. The van der Waals surface area contributed by atoms with Gasteiger partial charge in [-0.1, -0.05) is 199 Å². The number of quaternary nitrogens is 1. The molecule has 0 aliphatic rings. The van der Waals surface area contributed by atoms with E-state index in [1.54, 1.807) is 6.08 Å². The third kappa shape index (κ3) is 42.9. The minimum atomic E-state index is -4.59. The predicted octanol–water partition coefficient (Wildman–Crippen LogP) is 13.1. The van der Waals surface area contributed by atoms with E-state index in [0.717, 1.165) is 51.4 Å². The molecule has 0 bridgehead atoms. The lowest BCUT2D eigenvalue weighted by molar-refractivity contribution is -0.870. The average Bonchev–Trinajstić information content (AvgIpc) is 3.16. The average molecular weight is 827 g/mol. The lowest BCUT2D eigenvalue weighted by atomic mass is 10.0. The van der Waals surface area contributed by atoms with Crippen LogP contribution in [0.15, 0.2) is 24.3 Å². The van der Waals surface area contributed by atoms with Crippen molar-refractivity contribution in [2.24, 2.45) is 0 Å². The molecule has 57 heavy (non-hydrogen) atoms. The molecule has 3 atom stereocenters. The van der Waals surface area contributed by atoms with Crippen LogP contribution in [-0.4, -0.2) is 68.5 Å². The summed E-state index contributed by atoms with van der Waals surface area (Å²) in [5, 5.41) is 13.8. The summed E-state index contributed by atoms with van der Waals surface area (Å²) in [6.07, 6.45) is 47.9. The van der Waals surface area contributed by atoms with E-state index in [1.807, 2.05) is 27.2 Å². The molecule has 0 saturated heterocycles. The van der Waals surface area contributed by atoms with Gasteiger partial charge in [0.25, 0.3) is 7.82 Å². The fourth-order valence-corrected chi connectivity index (χ4v) is 7.75. The third-order valence-electron chi connectivity index (χ3n) is 10.9. The van der Waals surface area contributed by atoms with Gasteiger partial charge in [-0.2, -0.15) is 0 Å². The monoisotopic (exact) mass is 827 g/mol. The highest BCUT2D eigenvalue weighted by Gasteiger charge is 2.23. The Labute approximate surface area is 354 Å².